The molecule has 1 heterocycles. The van der Waals surface area contributed by atoms with Crippen LogP contribution in [0.4, 0.5) is 0 Å². The van der Waals surface area contributed by atoms with E-state index >= 15 is 0 Å². The molecule has 0 spiro atoms. The number of esters is 1. The minimum atomic E-state index is -0.431. The van der Waals surface area contributed by atoms with Gasteiger partial charge in [0.25, 0.3) is 0 Å². The minimum Gasteiger partial charge on any atom is -0.494 e. The maximum absolute atomic E-state index is 12.1. The summed E-state index contributed by atoms with van der Waals surface area (Å²) in [6.45, 7) is 4.83. The molecule has 0 saturated carbocycles. The average Bonchev–Trinajstić information content (AvgIpc) is 2.97. The van der Waals surface area contributed by atoms with Crippen molar-refractivity contribution in [2.45, 2.75) is 26.7 Å². The molecule has 0 atom stereocenters. The predicted octanol–water partition coefficient (Wildman–Crippen LogP) is 4.52. The van der Waals surface area contributed by atoms with Crippen LogP contribution >= 0.6 is 0 Å². The third kappa shape index (κ3) is 4.35. The molecule has 0 N–H and O–H groups in total. The molecule has 0 amide bonds. The lowest BCUT2D eigenvalue weighted by Gasteiger charge is -2.05. The van der Waals surface area contributed by atoms with E-state index in [0.29, 0.717) is 18.2 Å². The van der Waals surface area contributed by atoms with E-state index in [2.05, 4.69) is 11.9 Å². The zero-order valence-electron chi connectivity index (χ0n) is 14.5. The molecular formula is C21H21NO3. The zero-order valence-corrected chi connectivity index (χ0v) is 14.5. The van der Waals surface area contributed by atoms with E-state index in [9.17, 15) is 4.79 Å². The first kappa shape index (κ1) is 17.0. The van der Waals surface area contributed by atoms with Gasteiger partial charge in [-0.2, -0.15) is 0 Å². The molecule has 1 aliphatic rings. The van der Waals surface area contributed by atoms with E-state index in [1.807, 2.05) is 55.5 Å². The van der Waals surface area contributed by atoms with Crippen molar-refractivity contribution in [1.82, 2.24) is 0 Å². The molecule has 25 heavy (non-hydrogen) atoms. The largest absolute Gasteiger partial charge is 0.494 e. The molecule has 0 aromatic heterocycles. The molecule has 4 heteroatoms. The van der Waals surface area contributed by atoms with Crippen LogP contribution in [-0.4, -0.2) is 18.5 Å². The monoisotopic (exact) mass is 335 g/mol. The third-order valence-electron chi connectivity index (χ3n) is 3.84. The molecule has 3 rings (SSSR count). The predicted molar refractivity (Wildman–Crippen MR) is 98.6 cm³/mol. The Morgan fingerprint density at radius 3 is 2.68 bits per heavy atom. The second-order valence-electron chi connectivity index (χ2n) is 5.98. The van der Waals surface area contributed by atoms with Gasteiger partial charge in [-0.05, 0) is 49.2 Å². The van der Waals surface area contributed by atoms with Gasteiger partial charge in [-0.1, -0.05) is 43.2 Å². The van der Waals surface area contributed by atoms with Crippen molar-refractivity contribution < 1.29 is 14.3 Å². The average molecular weight is 335 g/mol. The summed E-state index contributed by atoms with van der Waals surface area (Å²) in [5.74, 6) is 0.743. The number of benzene rings is 2. The SMILES string of the molecule is CCCCOc1ccc(/C=C2/N=C(c3cccc(C)c3)OC2=O)cc1. The van der Waals surface area contributed by atoms with Gasteiger partial charge in [-0.15, -0.1) is 0 Å². The summed E-state index contributed by atoms with van der Waals surface area (Å²) in [4.78, 5) is 16.4. The molecule has 128 valence electrons. The van der Waals surface area contributed by atoms with Gasteiger partial charge >= 0.3 is 5.97 Å². The third-order valence-corrected chi connectivity index (χ3v) is 3.84. The van der Waals surface area contributed by atoms with E-state index in [-0.39, 0.29) is 0 Å². The van der Waals surface area contributed by atoms with Crippen molar-refractivity contribution >= 4 is 17.9 Å². The van der Waals surface area contributed by atoms with Crippen molar-refractivity contribution in [3.63, 3.8) is 0 Å². The molecular weight excluding hydrogens is 314 g/mol. The second-order valence-corrected chi connectivity index (χ2v) is 5.98. The van der Waals surface area contributed by atoms with Crippen LogP contribution in [0.5, 0.6) is 5.75 Å². The van der Waals surface area contributed by atoms with Crippen molar-refractivity contribution in [3.8, 4) is 5.75 Å². The molecule has 4 nitrogen and oxygen atoms in total. The fourth-order valence-corrected chi connectivity index (χ4v) is 2.46. The number of carbonyl (C=O) groups excluding carboxylic acids is 1. The van der Waals surface area contributed by atoms with Gasteiger partial charge in [0, 0.05) is 5.56 Å². The zero-order chi connectivity index (χ0) is 17.6. The number of aryl methyl sites for hydroxylation is 1. The van der Waals surface area contributed by atoms with Gasteiger partial charge in [-0.3, -0.25) is 0 Å². The number of unbranched alkanes of at least 4 members (excludes halogenated alkanes) is 1. The number of aliphatic imine (C=N–C) groups is 1. The lowest BCUT2D eigenvalue weighted by Crippen LogP contribution is -2.05. The van der Waals surface area contributed by atoms with E-state index in [4.69, 9.17) is 9.47 Å². The Morgan fingerprint density at radius 2 is 1.96 bits per heavy atom. The first-order valence-electron chi connectivity index (χ1n) is 8.48. The summed E-state index contributed by atoms with van der Waals surface area (Å²) >= 11 is 0. The molecule has 0 unspecified atom stereocenters. The number of carbonyl (C=O) groups is 1. The van der Waals surface area contributed by atoms with E-state index in [1.54, 1.807) is 6.08 Å². The number of rotatable bonds is 6. The Labute approximate surface area is 147 Å². The highest BCUT2D eigenvalue weighted by Crippen LogP contribution is 2.21. The molecule has 0 fully saturated rings. The lowest BCUT2D eigenvalue weighted by molar-refractivity contribution is -0.129. The number of nitrogens with zero attached hydrogens (tertiary/aromatic N) is 1. The quantitative estimate of drug-likeness (QED) is 0.443. The smallest absolute Gasteiger partial charge is 0.363 e. The first-order valence-corrected chi connectivity index (χ1v) is 8.48. The normalized spacial score (nSPS) is 15.2. The minimum absolute atomic E-state index is 0.302. The van der Waals surface area contributed by atoms with Crippen LogP contribution in [0.2, 0.25) is 0 Å². The van der Waals surface area contributed by atoms with Crippen LogP contribution < -0.4 is 4.74 Å². The van der Waals surface area contributed by atoms with Crippen LogP contribution in [-0.2, 0) is 9.53 Å². The van der Waals surface area contributed by atoms with Crippen LogP contribution in [0, 0.1) is 6.92 Å². The van der Waals surface area contributed by atoms with Crippen LogP contribution in [0.15, 0.2) is 59.2 Å². The number of cyclic esters (lactones) is 1. The van der Waals surface area contributed by atoms with Gasteiger partial charge < -0.3 is 9.47 Å². The van der Waals surface area contributed by atoms with Crippen LogP contribution in [0.25, 0.3) is 6.08 Å². The molecule has 0 aliphatic carbocycles. The number of ether oxygens (including phenoxy) is 2. The fourth-order valence-electron chi connectivity index (χ4n) is 2.46. The summed E-state index contributed by atoms with van der Waals surface area (Å²) in [6, 6.07) is 15.3. The number of hydrogen-bond acceptors (Lipinski definition) is 4. The van der Waals surface area contributed by atoms with Gasteiger partial charge in [0.2, 0.25) is 5.90 Å². The Morgan fingerprint density at radius 1 is 1.16 bits per heavy atom. The summed E-state index contributed by atoms with van der Waals surface area (Å²) in [7, 11) is 0. The van der Waals surface area contributed by atoms with Gasteiger partial charge in [-0.25, -0.2) is 9.79 Å². The summed E-state index contributed by atoms with van der Waals surface area (Å²) in [6.07, 6.45) is 3.86. The Balaban J connectivity index is 1.75. The van der Waals surface area contributed by atoms with E-state index < -0.39 is 5.97 Å². The first-order chi connectivity index (χ1) is 12.2. The maximum Gasteiger partial charge on any atom is 0.363 e. The lowest BCUT2D eigenvalue weighted by atomic mass is 10.1. The molecule has 2 aromatic carbocycles. The number of hydrogen-bond donors (Lipinski definition) is 0. The van der Waals surface area contributed by atoms with Crippen molar-refractivity contribution in [3.05, 3.63) is 70.9 Å². The molecule has 0 radical (unpaired) electrons. The van der Waals surface area contributed by atoms with Crippen LogP contribution in [0.1, 0.15) is 36.5 Å². The summed E-state index contributed by atoms with van der Waals surface area (Å²) in [5.41, 5.74) is 3.07. The molecule has 1 aliphatic heterocycles. The molecule has 0 saturated heterocycles. The van der Waals surface area contributed by atoms with E-state index in [0.717, 1.165) is 35.3 Å². The standard InChI is InChI=1S/C21H21NO3/c1-3-4-12-24-18-10-8-16(9-11-18)14-19-21(23)25-20(22-19)17-7-5-6-15(2)13-17/h5-11,13-14H,3-4,12H2,1-2H3/b19-14+. The fraction of sp³-hybridized carbons (Fsp3) is 0.238. The topological polar surface area (TPSA) is 47.9 Å². The second kappa shape index (κ2) is 7.79. The van der Waals surface area contributed by atoms with Crippen molar-refractivity contribution in [2.24, 2.45) is 4.99 Å². The van der Waals surface area contributed by atoms with Gasteiger partial charge in [0.1, 0.15) is 5.75 Å². The summed E-state index contributed by atoms with van der Waals surface area (Å²) < 4.78 is 10.9. The Hall–Kier alpha value is -2.88. The molecule has 2 aromatic rings. The highest BCUT2D eigenvalue weighted by atomic mass is 16.6. The maximum atomic E-state index is 12.1. The van der Waals surface area contributed by atoms with E-state index in [1.165, 1.54) is 0 Å². The van der Waals surface area contributed by atoms with Crippen LogP contribution in [0.3, 0.4) is 0 Å². The highest BCUT2D eigenvalue weighted by Gasteiger charge is 2.24. The van der Waals surface area contributed by atoms with Crippen molar-refractivity contribution in [2.75, 3.05) is 6.61 Å². The Kier molecular flexibility index (Phi) is 5.29. The summed E-state index contributed by atoms with van der Waals surface area (Å²) in [5, 5.41) is 0. The van der Waals surface area contributed by atoms with Gasteiger partial charge in [0.05, 0.1) is 6.61 Å². The van der Waals surface area contributed by atoms with Crippen molar-refractivity contribution in [1.29, 1.82) is 0 Å². The Bertz CT molecular complexity index is 819. The molecule has 0 bridgehead atoms. The van der Waals surface area contributed by atoms with Gasteiger partial charge in [0.15, 0.2) is 5.70 Å². The highest BCUT2D eigenvalue weighted by molar-refractivity contribution is 6.12.